The minimum atomic E-state index is -0.0643. The van der Waals surface area contributed by atoms with E-state index in [1.54, 1.807) is 4.90 Å². The highest BCUT2D eigenvalue weighted by Gasteiger charge is 2.28. The Kier molecular flexibility index (Phi) is 3.44. The molecule has 1 aromatic carbocycles. The van der Waals surface area contributed by atoms with Gasteiger partial charge in [-0.2, -0.15) is 5.10 Å². The molecule has 5 nitrogen and oxygen atoms in total. The van der Waals surface area contributed by atoms with E-state index < -0.39 is 0 Å². The minimum Gasteiger partial charge on any atom is -0.344 e. The molecule has 1 aliphatic heterocycles. The van der Waals surface area contributed by atoms with Crippen LogP contribution in [0, 0.1) is 0 Å². The van der Waals surface area contributed by atoms with Crippen LogP contribution in [0.1, 0.15) is 19.0 Å². The molecule has 0 aliphatic carbocycles. The van der Waals surface area contributed by atoms with E-state index in [2.05, 4.69) is 29.5 Å². The summed E-state index contributed by atoms with van der Waals surface area (Å²) in [5.41, 5.74) is 2.17. The van der Waals surface area contributed by atoms with Crippen LogP contribution in [0.5, 0.6) is 0 Å². The summed E-state index contributed by atoms with van der Waals surface area (Å²) in [7, 11) is 1.85. The minimum absolute atomic E-state index is 0.0643. The summed E-state index contributed by atoms with van der Waals surface area (Å²) in [6.07, 6.45) is 0.877. The second-order valence-corrected chi connectivity index (χ2v) is 5.26. The Bertz CT molecular complexity index is 634. The van der Waals surface area contributed by atoms with E-state index in [0.29, 0.717) is 6.54 Å². The quantitative estimate of drug-likeness (QED) is 0.914. The van der Waals surface area contributed by atoms with Gasteiger partial charge < -0.3 is 10.2 Å². The van der Waals surface area contributed by atoms with E-state index in [-0.39, 0.29) is 11.9 Å². The van der Waals surface area contributed by atoms with Gasteiger partial charge in [0.2, 0.25) is 5.91 Å². The molecule has 1 aromatic heterocycles. The fraction of sp³-hybridized carbons (Fsp3) is 0.467. The van der Waals surface area contributed by atoms with Crippen molar-refractivity contribution in [3.05, 3.63) is 30.0 Å². The first kappa shape index (κ1) is 13.1. The number of carbonyl (C=O) groups excluding carboxylic acids is 1. The first-order valence-corrected chi connectivity index (χ1v) is 7.13. The van der Waals surface area contributed by atoms with E-state index in [0.717, 1.165) is 30.7 Å². The van der Waals surface area contributed by atoms with Crippen LogP contribution in [0.25, 0.3) is 10.9 Å². The summed E-state index contributed by atoms with van der Waals surface area (Å²) in [5.74, 6) is 0.184. The summed E-state index contributed by atoms with van der Waals surface area (Å²) in [6.45, 7) is 4.41. The second-order valence-electron chi connectivity index (χ2n) is 5.26. The van der Waals surface area contributed by atoms with E-state index in [1.807, 2.05) is 23.9 Å². The highest BCUT2D eigenvalue weighted by Crippen LogP contribution is 2.19. The number of likely N-dealkylation sites (tertiary alicyclic amines) is 1. The summed E-state index contributed by atoms with van der Waals surface area (Å²) < 4.78 is 2.01. The molecule has 2 heterocycles. The lowest BCUT2D eigenvalue weighted by Crippen LogP contribution is -2.36. The molecule has 5 heteroatoms. The molecule has 1 aliphatic rings. The van der Waals surface area contributed by atoms with Gasteiger partial charge in [0.05, 0.1) is 17.3 Å². The van der Waals surface area contributed by atoms with Crippen LogP contribution in [0.4, 0.5) is 0 Å². The van der Waals surface area contributed by atoms with Gasteiger partial charge in [-0.25, -0.2) is 0 Å². The number of aryl methyl sites for hydroxylation is 1. The van der Waals surface area contributed by atoms with Gasteiger partial charge in [-0.15, -0.1) is 0 Å². The molecule has 20 heavy (non-hydrogen) atoms. The summed E-state index contributed by atoms with van der Waals surface area (Å²) in [4.78, 5) is 13.7. The highest BCUT2D eigenvalue weighted by molar-refractivity contribution is 5.84. The lowest BCUT2D eigenvalue weighted by atomic mass is 10.2. The monoisotopic (exact) mass is 272 g/mol. The molecule has 0 saturated carbocycles. The standard InChI is InChI=1S/C15H20N4O/c1-3-19-14-7-5-4-6-11(14)13(17-19)10-16-12-8-9-18(2)15(12)20/h4-7,12,16H,3,8-10H2,1-2H3. The number of aromatic nitrogens is 2. The molecule has 0 spiro atoms. The fourth-order valence-electron chi connectivity index (χ4n) is 2.80. The Morgan fingerprint density at radius 2 is 2.20 bits per heavy atom. The fourth-order valence-corrected chi connectivity index (χ4v) is 2.80. The average molecular weight is 272 g/mol. The predicted octanol–water partition coefficient (Wildman–Crippen LogP) is 1.38. The molecular formula is C15H20N4O. The normalized spacial score (nSPS) is 19.2. The van der Waals surface area contributed by atoms with Gasteiger partial charge in [0, 0.05) is 32.1 Å². The maximum Gasteiger partial charge on any atom is 0.239 e. The molecule has 3 rings (SSSR count). The zero-order chi connectivity index (χ0) is 14.1. The van der Waals surface area contributed by atoms with Gasteiger partial charge in [-0.3, -0.25) is 9.48 Å². The van der Waals surface area contributed by atoms with Crippen LogP contribution in [-0.4, -0.2) is 40.2 Å². The maximum atomic E-state index is 11.9. The van der Waals surface area contributed by atoms with Crippen molar-refractivity contribution >= 4 is 16.8 Å². The lowest BCUT2D eigenvalue weighted by Gasteiger charge is -2.11. The molecule has 1 fully saturated rings. The molecule has 1 N–H and O–H groups in total. The van der Waals surface area contributed by atoms with Gasteiger partial charge in [-0.05, 0) is 19.4 Å². The largest absolute Gasteiger partial charge is 0.344 e. The first-order chi connectivity index (χ1) is 9.70. The maximum absolute atomic E-state index is 11.9. The number of para-hydroxylation sites is 1. The Morgan fingerprint density at radius 1 is 1.40 bits per heavy atom. The third-order valence-corrected chi connectivity index (χ3v) is 3.98. The van der Waals surface area contributed by atoms with Crippen molar-refractivity contribution in [1.82, 2.24) is 20.0 Å². The van der Waals surface area contributed by atoms with Gasteiger partial charge >= 0.3 is 0 Å². The van der Waals surface area contributed by atoms with Gasteiger partial charge in [0.15, 0.2) is 0 Å². The molecule has 106 valence electrons. The average Bonchev–Trinajstić information content (AvgIpc) is 2.99. The Balaban J connectivity index is 1.79. The van der Waals surface area contributed by atoms with Crippen LogP contribution in [0.3, 0.4) is 0 Å². The topological polar surface area (TPSA) is 50.2 Å². The van der Waals surface area contributed by atoms with E-state index >= 15 is 0 Å². The molecule has 1 unspecified atom stereocenters. The molecule has 1 saturated heterocycles. The smallest absolute Gasteiger partial charge is 0.239 e. The lowest BCUT2D eigenvalue weighted by molar-refractivity contribution is -0.128. The zero-order valence-electron chi connectivity index (χ0n) is 12.0. The van der Waals surface area contributed by atoms with Crippen molar-refractivity contribution in [3.8, 4) is 0 Å². The zero-order valence-corrected chi connectivity index (χ0v) is 12.0. The molecule has 2 aromatic rings. The summed E-state index contributed by atoms with van der Waals surface area (Å²) >= 11 is 0. The number of rotatable bonds is 4. The van der Waals surface area contributed by atoms with Crippen LogP contribution in [-0.2, 0) is 17.9 Å². The van der Waals surface area contributed by atoms with Crippen LogP contribution >= 0.6 is 0 Å². The van der Waals surface area contributed by atoms with Gasteiger partial charge in [0.25, 0.3) is 0 Å². The van der Waals surface area contributed by atoms with Crippen molar-refractivity contribution in [2.24, 2.45) is 0 Å². The summed E-state index contributed by atoms with van der Waals surface area (Å²) in [6, 6.07) is 8.17. The number of hydrogen-bond acceptors (Lipinski definition) is 3. The van der Waals surface area contributed by atoms with Crippen molar-refractivity contribution in [1.29, 1.82) is 0 Å². The Labute approximate surface area is 118 Å². The first-order valence-electron chi connectivity index (χ1n) is 7.13. The number of nitrogens with one attached hydrogen (secondary N) is 1. The SMILES string of the molecule is CCn1nc(CNC2CCN(C)C2=O)c2ccccc21. The molecule has 0 bridgehead atoms. The van der Waals surface area contributed by atoms with Crippen molar-refractivity contribution in [3.63, 3.8) is 0 Å². The molecule has 0 radical (unpaired) electrons. The van der Waals surface area contributed by atoms with Crippen LogP contribution in [0.15, 0.2) is 24.3 Å². The van der Waals surface area contributed by atoms with Crippen molar-refractivity contribution < 1.29 is 4.79 Å². The van der Waals surface area contributed by atoms with Crippen LogP contribution in [0.2, 0.25) is 0 Å². The number of benzene rings is 1. The molecule has 1 amide bonds. The van der Waals surface area contributed by atoms with E-state index in [4.69, 9.17) is 0 Å². The summed E-state index contributed by atoms with van der Waals surface area (Å²) in [5, 5.41) is 9.15. The number of hydrogen-bond donors (Lipinski definition) is 1. The number of nitrogens with zero attached hydrogens (tertiary/aromatic N) is 3. The second kappa shape index (κ2) is 5.25. The molecular weight excluding hydrogens is 252 g/mol. The predicted molar refractivity (Wildman–Crippen MR) is 78.3 cm³/mol. The Morgan fingerprint density at radius 3 is 2.90 bits per heavy atom. The van der Waals surface area contributed by atoms with Gasteiger partial charge in [-0.1, -0.05) is 18.2 Å². The van der Waals surface area contributed by atoms with Crippen molar-refractivity contribution in [2.45, 2.75) is 32.5 Å². The van der Waals surface area contributed by atoms with E-state index in [9.17, 15) is 4.79 Å². The molecule has 1 atom stereocenters. The third-order valence-electron chi connectivity index (χ3n) is 3.98. The van der Waals surface area contributed by atoms with Crippen molar-refractivity contribution in [2.75, 3.05) is 13.6 Å². The number of fused-ring (bicyclic) bond motifs is 1. The van der Waals surface area contributed by atoms with E-state index in [1.165, 1.54) is 5.39 Å². The third kappa shape index (κ3) is 2.18. The Hall–Kier alpha value is -1.88. The van der Waals surface area contributed by atoms with Crippen LogP contribution < -0.4 is 5.32 Å². The number of carbonyl (C=O) groups is 1. The number of likely N-dealkylation sites (N-methyl/N-ethyl adjacent to an activating group) is 1. The number of amides is 1. The highest BCUT2D eigenvalue weighted by atomic mass is 16.2. The van der Waals surface area contributed by atoms with Gasteiger partial charge in [0.1, 0.15) is 0 Å².